The Kier molecular flexibility index (Phi) is 4.29. The minimum atomic E-state index is -0.253. The number of likely N-dealkylation sites (tertiary alicyclic amines) is 1. The number of piperidine rings is 1. The number of carbonyl (C=O) groups is 1. The summed E-state index contributed by atoms with van der Waals surface area (Å²) in [5.41, 5.74) is -0.253. The predicted octanol–water partition coefficient (Wildman–Crippen LogP) is 1.31. The summed E-state index contributed by atoms with van der Waals surface area (Å²) < 4.78 is 0. The van der Waals surface area contributed by atoms with Gasteiger partial charge in [-0.15, -0.1) is 0 Å². The normalized spacial score (nSPS) is 24.1. The Morgan fingerprint density at radius 3 is 2.73 bits per heavy atom. The molecule has 0 aromatic carbocycles. The largest absolute Gasteiger partial charge is 0.396 e. The summed E-state index contributed by atoms with van der Waals surface area (Å²) in [4.78, 5) is 13.7. The van der Waals surface area contributed by atoms with Gasteiger partial charge in [0.15, 0.2) is 0 Å². The number of Topliss-reactive ketones (excluding diaryl/α,β-unsaturated/α-hetero) is 1. The smallest absolute Gasteiger partial charge is 0.136 e. The van der Waals surface area contributed by atoms with E-state index >= 15 is 0 Å². The fraction of sp³-hybridized carbons (Fsp3) is 0.917. The lowest BCUT2D eigenvalue weighted by Gasteiger charge is -2.36. The standard InChI is InChI=1S/C12H23NO2/c1-10(15)12(2,3)9-13-6-4-5-11(7-13)8-14/h11,14H,4-9H2,1-3H3. The lowest BCUT2D eigenvalue weighted by Crippen LogP contribution is -2.44. The van der Waals surface area contributed by atoms with Crippen LogP contribution in [0.25, 0.3) is 0 Å². The van der Waals surface area contributed by atoms with Crippen LogP contribution in [0.2, 0.25) is 0 Å². The molecule has 0 saturated carbocycles. The molecule has 1 unspecified atom stereocenters. The number of aliphatic hydroxyl groups is 1. The number of hydrogen-bond donors (Lipinski definition) is 1. The zero-order chi connectivity index (χ0) is 11.5. The fourth-order valence-corrected chi connectivity index (χ4v) is 2.11. The SMILES string of the molecule is CC(=O)C(C)(C)CN1CCCC(CO)C1. The van der Waals surface area contributed by atoms with Gasteiger partial charge in [0.25, 0.3) is 0 Å². The number of hydrogen-bond acceptors (Lipinski definition) is 3. The Morgan fingerprint density at radius 2 is 2.20 bits per heavy atom. The lowest BCUT2D eigenvalue weighted by atomic mass is 9.87. The van der Waals surface area contributed by atoms with Gasteiger partial charge in [-0.1, -0.05) is 13.8 Å². The second-order valence-corrected chi connectivity index (χ2v) is 5.37. The van der Waals surface area contributed by atoms with Crippen LogP contribution in [0, 0.1) is 11.3 Å². The molecule has 3 heteroatoms. The van der Waals surface area contributed by atoms with Crippen molar-refractivity contribution in [1.82, 2.24) is 4.90 Å². The first kappa shape index (κ1) is 12.7. The van der Waals surface area contributed by atoms with E-state index in [2.05, 4.69) is 4.90 Å². The summed E-state index contributed by atoms with van der Waals surface area (Å²) >= 11 is 0. The second kappa shape index (κ2) is 5.08. The highest BCUT2D eigenvalue weighted by Gasteiger charge is 2.29. The lowest BCUT2D eigenvalue weighted by molar-refractivity contribution is -0.126. The van der Waals surface area contributed by atoms with E-state index in [0.717, 1.165) is 32.5 Å². The molecule has 0 amide bonds. The monoisotopic (exact) mass is 213 g/mol. The van der Waals surface area contributed by atoms with Crippen molar-refractivity contribution in [2.75, 3.05) is 26.2 Å². The molecule has 0 radical (unpaired) electrons. The minimum absolute atomic E-state index is 0.244. The maximum atomic E-state index is 11.4. The maximum Gasteiger partial charge on any atom is 0.136 e. The first-order valence-electron chi connectivity index (χ1n) is 5.80. The van der Waals surface area contributed by atoms with E-state index in [4.69, 9.17) is 5.11 Å². The Hall–Kier alpha value is -0.410. The van der Waals surface area contributed by atoms with E-state index in [-0.39, 0.29) is 17.8 Å². The Morgan fingerprint density at radius 1 is 1.53 bits per heavy atom. The quantitative estimate of drug-likeness (QED) is 0.765. The van der Waals surface area contributed by atoms with Crippen LogP contribution in [0.15, 0.2) is 0 Å². The van der Waals surface area contributed by atoms with Crippen LogP contribution in [0.5, 0.6) is 0 Å². The van der Waals surface area contributed by atoms with Crippen molar-refractivity contribution in [2.45, 2.75) is 33.6 Å². The molecule has 1 N–H and O–H groups in total. The molecule has 3 nitrogen and oxygen atoms in total. The second-order valence-electron chi connectivity index (χ2n) is 5.37. The van der Waals surface area contributed by atoms with Gasteiger partial charge in [-0.3, -0.25) is 4.79 Å². The molecule has 1 fully saturated rings. The molecule has 0 aromatic rings. The highest BCUT2D eigenvalue weighted by atomic mass is 16.3. The van der Waals surface area contributed by atoms with Gasteiger partial charge < -0.3 is 10.0 Å². The molecule has 0 aromatic heterocycles. The average Bonchev–Trinajstić information content (AvgIpc) is 2.17. The molecule has 0 aliphatic carbocycles. The van der Waals surface area contributed by atoms with Crippen LogP contribution < -0.4 is 0 Å². The van der Waals surface area contributed by atoms with Gasteiger partial charge in [0, 0.05) is 25.1 Å². The summed E-state index contributed by atoms with van der Waals surface area (Å²) in [6.07, 6.45) is 2.26. The highest BCUT2D eigenvalue weighted by molar-refractivity contribution is 5.81. The molecular formula is C12H23NO2. The summed E-state index contributed by atoms with van der Waals surface area (Å²) in [6, 6.07) is 0. The van der Waals surface area contributed by atoms with Crippen LogP contribution in [0.3, 0.4) is 0 Å². The van der Waals surface area contributed by atoms with Crippen molar-refractivity contribution in [1.29, 1.82) is 0 Å². The molecule has 88 valence electrons. The van der Waals surface area contributed by atoms with Gasteiger partial charge in [0.2, 0.25) is 0 Å². The van der Waals surface area contributed by atoms with Gasteiger partial charge in [0.1, 0.15) is 5.78 Å². The third-order valence-electron chi connectivity index (χ3n) is 3.43. The van der Waals surface area contributed by atoms with Crippen molar-refractivity contribution in [3.8, 4) is 0 Å². The number of carbonyl (C=O) groups excluding carboxylic acids is 1. The molecule has 0 bridgehead atoms. The molecule has 1 aliphatic heterocycles. The van der Waals surface area contributed by atoms with Crippen molar-refractivity contribution < 1.29 is 9.90 Å². The topological polar surface area (TPSA) is 40.5 Å². The van der Waals surface area contributed by atoms with Crippen LogP contribution in [-0.2, 0) is 4.79 Å². The van der Waals surface area contributed by atoms with E-state index in [0.29, 0.717) is 5.92 Å². The van der Waals surface area contributed by atoms with Gasteiger partial charge in [0.05, 0.1) is 0 Å². The maximum absolute atomic E-state index is 11.4. The van der Waals surface area contributed by atoms with Crippen molar-refractivity contribution in [2.24, 2.45) is 11.3 Å². The van der Waals surface area contributed by atoms with Gasteiger partial charge in [-0.05, 0) is 32.2 Å². The van der Waals surface area contributed by atoms with Crippen molar-refractivity contribution in [3.05, 3.63) is 0 Å². The van der Waals surface area contributed by atoms with Crippen LogP contribution in [0.1, 0.15) is 33.6 Å². The molecule has 0 spiro atoms. The molecule has 1 atom stereocenters. The van der Waals surface area contributed by atoms with Gasteiger partial charge >= 0.3 is 0 Å². The Labute approximate surface area is 92.5 Å². The first-order valence-corrected chi connectivity index (χ1v) is 5.80. The summed E-state index contributed by atoms with van der Waals surface area (Å²) in [7, 11) is 0. The Balaban J connectivity index is 2.47. The molecular weight excluding hydrogens is 190 g/mol. The summed E-state index contributed by atoms with van der Waals surface area (Å²) in [5.74, 6) is 0.648. The minimum Gasteiger partial charge on any atom is -0.396 e. The van der Waals surface area contributed by atoms with Crippen LogP contribution in [-0.4, -0.2) is 42.0 Å². The average molecular weight is 213 g/mol. The third kappa shape index (κ3) is 3.58. The zero-order valence-electron chi connectivity index (χ0n) is 10.1. The number of nitrogens with zero attached hydrogens (tertiary/aromatic N) is 1. The fourth-order valence-electron chi connectivity index (χ4n) is 2.11. The molecule has 1 aliphatic rings. The molecule has 1 saturated heterocycles. The number of rotatable bonds is 4. The van der Waals surface area contributed by atoms with Crippen LogP contribution in [0.4, 0.5) is 0 Å². The highest BCUT2D eigenvalue weighted by Crippen LogP contribution is 2.23. The predicted molar refractivity (Wildman–Crippen MR) is 60.7 cm³/mol. The van der Waals surface area contributed by atoms with E-state index < -0.39 is 0 Å². The van der Waals surface area contributed by atoms with E-state index in [1.165, 1.54) is 0 Å². The van der Waals surface area contributed by atoms with E-state index in [9.17, 15) is 4.79 Å². The number of ketones is 1. The van der Waals surface area contributed by atoms with Gasteiger partial charge in [-0.25, -0.2) is 0 Å². The van der Waals surface area contributed by atoms with Crippen LogP contribution >= 0.6 is 0 Å². The van der Waals surface area contributed by atoms with Crippen molar-refractivity contribution in [3.63, 3.8) is 0 Å². The van der Waals surface area contributed by atoms with E-state index in [1.54, 1.807) is 6.92 Å². The Bertz CT molecular complexity index is 226. The third-order valence-corrected chi connectivity index (χ3v) is 3.43. The summed E-state index contributed by atoms with van der Waals surface area (Å²) in [6.45, 7) is 8.75. The van der Waals surface area contributed by atoms with E-state index in [1.807, 2.05) is 13.8 Å². The molecule has 15 heavy (non-hydrogen) atoms. The number of aliphatic hydroxyl groups excluding tert-OH is 1. The molecule has 1 heterocycles. The van der Waals surface area contributed by atoms with Gasteiger partial charge in [-0.2, -0.15) is 0 Å². The van der Waals surface area contributed by atoms with Crippen molar-refractivity contribution >= 4 is 5.78 Å². The summed E-state index contributed by atoms with van der Waals surface area (Å²) in [5, 5.41) is 9.12. The molecule has 1 rings (SSSR count). The zero-order valence-corrected chi connectivity index (χ0v) is 10.1. The first-order chi connectivity index (χ1) is 6.95.